The molecule has 0 saturated heterocycles. The van der Waals surface area contributed by atoms with Crippen molar-refractivity contribution in [3.8, 4) is 0 Å². The molecule has 1 rings (SSSR count). The lowest BCUT2D eigenvalue weighted by atomic mass is 10.2. The van der Waals surface area contributed by atoms with Crippen LogP contribution in [-0.2, 0) is 11.3 Å². The Labute approximate surface area is 94.8 Å². The van der Waals surface area contributed by atoms with Gasteiger partial charge in [-0.3, -0.25) is 0 Å². The minimum absolute atomic E-state index is 0.166. The van der Waals surface area contributed by atoms with Crippen molar-refractivity contribution in [3.63, 3.8) is 0 Å². The van der Waals surface area contributed by atoms with Crippen LogP contribution >= 0.6 is 11.3 Å². The van der Waals surface area contributed by atoms with Crippen LogP contribution in [0.15, 0.2) is 6.20 Å². The van der Waals surface area contributed by atoms with E-state index in [1.165, 1.54) is 4.88 Å². The van der Waals surface area contributed by atoms with Crippen molar-refractivity contribution in [2.75, 3.05) is 20.3 Å². The van der Waals surface area contributed by atoms with Gasteiger partial charge in [-0.25, -0.2) is 4.98 Å². The molecule has 0 aliphatic heterocycles. The van der Waals surface area contributed by atoms with Crippen LogP contribution in [0, 0.1) is 6.92 Å². The predicted octanol–water partition coefficient (Wildman–Crippen LogP) is 0.905. The number of nitrogens with two attached hydrogens (primary N) is 1. The molecule has 1 atom stereocenters. The third-order valence-electron chi connectivity index (χ3n) is 2.07. The molecule has 4 nitrogen and oxygen atoms in total. The van der Waals surface area contributed by atoms with E-state index in [1.54, 1.807) is 18.4 Å². The normalized spacial score (nSPS) is 13.0. The Morgan fingerprint density at radius 3 is 3.07 bits per heavy atom. The highest BCUT2D eigenvalue weighted by Gasteiger charge is 2.02. The summed E-state index contributed by atoms with van der Waals surface area (Å²) in [5, 5.41) is 4.42. The molecule has 0 radical (unpaired) electrons. The monoisotopic (exact) mass is 229 g/mol. The van der Waals surface area contributed by atoms with Gasteiger partial charge in [0.2, 0.25) is 0 Å². The van der Waals surface area contributed by atoms with E-state index >= 15 is 0 Å². The molecule has 1 aromatic rings. The van der Waals surface area contributed by atoms with Gasteiger partial charge in [-0.05, 0) is 13.3 Å². The molecule has 0 bridgehead atoms. The maximum Gasteiger partial charge on any atom is 0.0897 e. The van der Waals surface area contributed by atoms with Crippen LogP contribution in [0.2, 0.25) is 0 Å². The van der Waals surface area contributed by atoms with Gasteiger partial charge < -0.3 is 15.8 Å². The van der Waals surface area contributed by atoms with E-state index in [2.05, 4.69) is 10.3 Å². The lowest BCUT2D eigenvalue weighted by Gasteiger charge is -2.11. The van der Waals surface area contributed by atoms with Crippen molar-refractivity contribution in [2.45, 2.75) is 25.9 Å². The van der Waals surface area contributed by atoms with Crippen LogP contribution < -0.4 is 11.1 Å². The summed E-state index contributed by atoms with van der Waals surface area (Å²) < 4.78 is 4.96. The quantitative estimate of drug-likeness (QED) is 0.729. The summed E-state index contributed by atoms with van der Waals surface area (Å²) in [6.07, 6.45) is 2.80. The van der Waals surface area contributed by atoms with E-state index in [0.717, 1.165) is 31.1 Å². The lowest BCUT2D eigenvalue weighted by Crippen LogP contribution is -2.34. The van der Waals surface area contributed by atoms with Crippen LogP contribution in [-0.4, -0.2) is 31.3 Å². The van der Waals surface area contributed by atoms with Gasteiger partial charge >= 0.3 is 0 Å². The number of aromatic nitrogens is 1. The van der Waals surface area contributed by atoms with Crippen LogP contribution in [0.1, 0.15) is 16.3 Å². The van der Waals surface area contributed by atoms with Crippen LogP contribution in [0.3, 0.4) is 0 Å². The Morgan fingerprint density at radius 2 is 2.47 bits per heavy atom. The van der Waals surface area contributed by atoms with Gasteiger partial charge in [0.15, 0.2) is 0 Å². The highest BCUT2D eigenvalue weighted by molar-refractivity contribution is 7.11. The smallest absolute Gasteiger partial charge is 0.0897 e. The Balaban J connectivity index is 2.10. The van der Waals surface area contributed by atoms with Crippen molar-refractivity contribution < 1.29 is 4.74 Å². The maximum atomic E-state index is 5.87. The van der Waals surface area contributed by atoms with Crippen LogP contribution in [0.25, 0.3) is 0 Å². The number of hydrogen-bond donors (Lipinski definition) is 2. The maximum absolute atomic E-state index is 5.87. The van der Waals surface area contributed by atoms with Gasteiger partial charge in [-0.1, -0.05) is 0 Å². The SMILES string of the molecule is COCCC(N)CNCc1cnc(C)s1. The van der Waals surface area contributed by atoms with Crippen molar-refractivity contribution in [1.29, 1.82) is 0 Å². The average molecular weight is 229 g/mol. The number of hydrogen-bond acceptors (Lipinski definition) is 5. The van der Waals surface area contributed by atoms with Crippen molar-refractivity contribution in [3.05, 3.63) is 16.1 Å². The summed E-state index contributed by atoms with van der Waals surface area (Å²) in [6, 6.07) is 0.166. The molecule has 1 heterocycles. The van der Waals surface area contributed by atoms with Crippen molar-refractivity contribution in [1.82, 2.24) is 10.3 Å². The molecule has 0 spiro atoms. The molecule has 3 N–H and O–H groups in total. The number of nitrogens with one attached hydrogen (secondary N) is 1. The largest absolute Gasteiger partial charge is 0.385 e. The second-order valence-electron chi connectivity index (χ2n) is 3.52. The average Bonchev–Trinajstić information content (AvgIpc) is 2.61. The van der Waals surface area contributed by atoms with E-state index < -0.39 is 0 Å². The fraction of sp³-hybridized carbons (Fsp3) is 0.700. The van der Waals surface area contributed by atoms with Crippen LogP contribution in [0.5, 0.6) is 0 Å². The molecule has 0 fully saturated rings. The molecule has 0 aliphatic rings. The summed E-state index contributed by atoms with van der Waals surface area (Å²) >= 11 is 1.72. The second kappa shape index (κ2) is 6.90. The summed E-state index contributed by atoms with van der Waals surface area (Å²) in [7, 11) is 1.69. The first kappa shape index (κ1) is 12.6. The summed E-state index contributed by atoms with van der Waals surface area (Å²) in [6.45, 7) is 4.41. The van der Waals surface area contributed by atoms with Gasteiger partial charge in [-0.2, -0.15) is 0 Å². The summed E-state index contributed by atoms with van der Waals surface area (Å²) in [5.41, 5.74) is 5.87. The van der Waals surface area contributed by atoms with E-state index in [9.17, 15) is 0 Å². The molecule has 1 aromatic heterocycles. The molecule has 0 aliphatic carbocycles. The van der Waals surface area contributed by atoms with E-state index in [1.807, 2.05) is 13.1 Å². The Hall–Kier alpha value is -0.490. The highest BCUT2D eigenvalue weighted by Crippen LogP contribution is 2.10. The molecule has 5 heteroatoms. The zero-order chi connectivity index (χ0) is 11.1. The second-order valence-corrected chi connectivity index (χ2v) is 4.84. The number of aryl methyl sites for hydroxylation is 1. The summed E-state index contributed by atoms with van der Waals surface area (Å²) in [5.74, 6) is 0. The highest BCUT2D eigenvalue weighted by atomic mass is 32.1. The molecular formula is C10H19N3OS. The van der Waals surface area contributed by atoms with Gasteiger partial charge in [-0.15, -0.1) is 11.3 Å². The van der Waals surface area contributed by atoms with Crippen molar-refractivity contribution in [2.24, 2.45) is 5.73 Å². The number of nitrogens with zero attached hydrogens (tertiary/aromatic N) is 1. The topological polar surface area (TPSA) is 60.2 Å². The predicted molar refractivity (Wildman–Crippen MR) is 63.0 cm³/mol. The molecule has 0 saturated carbocycles. The Kier molecular flexibility index (Phi) is 5.78. The molecule has 15 heavy (non-hydrogen) atoms. The standard InChI is InChI=1S/C10H19N3OS/c1-8-13-7-10(15-8)6-12-5-9(11)3-4-14-2/h7,9,12H,3-6,11H2,1-2H3. The lowest BCUT2D eigenvalue weighted by molar-refractivity contribution is 0.187. The Morgan fingerprint density at radius 1 is 1.67 bits per heavy atom. The molecule has 0 amide bonds. The molecule has 1 unspecified atom stereocenters. The van der Waals surface area contributed by atoms with Gasteiger partial charge in [0.05, 0.1) is 5.01 Å². The first-order valence-electron chi connectivity index (χ1n) is 5.09. The zero-order valence-corrected chi connectivity index (χ0v) is 10.1. The fourth-order valence-electron chi connectivity index (χ4n) is 1.24. The first-order valence-corrected chi connectivity index (χ1v) is 5.90. The summed E-state index contributed by atoms with van der Waals surface area (Å²) in [4.78, 5) is 5.45. The molecule has 0 aromatic carbocycles. The number of thiazole rings is 1. The number of rotatable bonds is 7. The first-order chi connectivity index (χ1) is 7.22. The van der Waals surface area contributed by atoms with Gasteiger partial charge in [0.25, 0.3) is 0 Å². The van der Waals surface area contributed by atoms with E-state index in [-0.39, 0.29) is 6.04 Å². The van der Waals surface area contributed by atoms with Gasteiger partial charge in [0, 0.05) is 43.9 Å². The fourth-order valence-corrected chi connectivity index (χ4v) is 2.00. The Bertz CT molecular complexity index is 277. The number of ether oxygens (including phenoxy) is 1. The third-order valence-corrected chi connectivity index (χ3v) is 2.98. The van der Waals surface area contributed by atoms with E-state index in [4.69, 9.17) is 10.5 Å². The van der Waals surface area contributed by atoms with Gasteiger partial charge in [0.1, 0.15) is 0 Å². The minimum Gasteiger partial charge on any atom is -0.385 e. The number of methoxy groups -OCH3 is 1. The molecular weight excluding hydrogens is 210 g/mol. The third kappa shape index (κ3) is 5.22. The van der Waals surface area contributed by atoms with E-state index in [0.29, 0.717) is 0 Å². The molecule has 86 valence electrons. The minimum atomic E-state index is 0.166. The van der Waals surface area contributed by atoms with Crippen molar-refractivity contribution >= 4 is 11.3 Å². The zero-order valence-electron chi connectivity index (χ0n) is 9.32. The van der Waals surface area contributed by atoms with Crippen LogP contribution in [0.4, 0.5) is 0 Å².